The minimum Gasteiger partial charge on any atom is -0.369 e. The Morgan fingerprint density at radius 2 is 2.19 bits per heavy atom. The van der Waals surface area contributed by atoms with Gasteiger partial charge in [-0.05, 0) is 37.5 Å². The van der Waals surface area contributed by atoms with Crippen molar-refractivity contribution in [1.82, 2.24) is 9.97 Å². The fourth-order valence-electron chi connectivity index (χ4n) is 1.72. The molecule has 0 fully saturated rings. The summed E-state index contributed by atoms with van der Waals surface area (Å²) in [7, 11) is 0. The lowest BCUT2D eigenvalue weighted by Crippen LogP contribution is -1.94. The minimum absolute atomic E-state index is 0.485. The average molecular weight is 236 g/mol. The molecule has 16 heavy (non-hydrogen) atoms. The zero-order valence-electron chi connectivity index (χ0n) is 9.13. The highest BCUT2D eigenvalue weighted by atomic mass is 35.5. The number of nitrogens with two attached hydrogens (primary N) is 1. The van der Waals surface area contributed by atoms with Crippen LogP contribution in [0.2, 0.25) is 5.02 Å². The molecule has 2 aromatic rings. The van der Waals surface area contributed by atoms with Gasteiger partial charge in [0.1, 0.15) is 0 Å². The van der Waals surface area contributed by atoms with Crippen LogP contribution in [0.3, 0.4) is 0 Å². The Balaban J connectivity index is 2.05. The van der Waals surface area contributed by atoms with E-state index in [4.69, 9.17) is 17.3 Å². The van der Waals surface area contributed by atoms with Gasteiger partial charge < -0.3 is 10.7 Å². The first-order chi connectivity index (χ1) is 7.65. The van der Waals surface area contributed by atoms with Crippen LogP contribution in [0, 0.1) is 6.92 Å². The number of anilines is 1. The monoisotopic (exact) mass is 235 g/mol. The highest BCUT2D eigenvalue weighted by Crippen LogP contribution is 2.14. The van der Waals surface area contributed by atoms with Crippen LogP contribution in [-0.2, 0) is 12.8 Å². The third-order valence-corrected chi connectivity index (χ3v) is 2.78. The molecule has 2 rings (SSSR count). The molecule has 4 heteroatoms. The maximum Gasteiger partial charge on any atom is 0.197 e. The summed E-state index contributed by atoms with van der Waals surface area (Å²) >= 11 is 5.92. The Bertz CT molecular complexity index is 491. The second-order valence-corrected chi connectivity index (χ2v) is 4.26. The zero-order valence-corrected chi connectivity index (χ0v) is 9.88. The van der Waals surface area contributed by atoms with Crippen LogP contribution in [0.1, 0.15) is 17.0 Å². The number of hydrogen-bond donors (Lipinski definition) is 2. The lowest BCUT2D eigenvalue weighted by atomic mass is 10.1. The van der Waals surface area contributed by atoms with Crippen molar-refractivity contribution in [1.29, 1.82) is 0 Å². The molecule has 0 saturated carbocycles. The quantitative estimate of drug-likeness (QED) is 0.860. The predicted octanol–water partition coefficient (Wildman–Crippen LogP) is 2.74. The van der Waals surface area contributed by atoms with E-state index in [1.165, 1.54) is 5.56 Å². The number of nitrogens with one attached hydrogen (secondary N) is 1. The molecule has 3 nitrogen and oxygen atoms in total. The highest BCUT2D eigenvalue weighted by Gasteiger charge is 2.04. The summed E-state index contributed by atoms with van der Waals surface area (Å²) in [5, 5.41) is 0.774. The van der Waals surface area contributed by atoms with Gasteiger partial charge in [-0.3, -0.25) is 0 Å². The van der Waals surface area contributed by atoms with Gasteiger partial charge in [0.2, 0.25) is 0 Å². The van der Waals surface area contributed by atoms with Crippen molar-refractivity contribution in [3.05, 3.63) is 46.2 Å². The van der Waals surface area contributed by atoms with Crippen molar-refractivity contribution in [3.8, 4) is 0 Å². The predicted molar refractivity (Wildman–Crippen MR) is 66.6 cm³/mol. The first-order valence-corrected chi connectivity index (χ1v) is 5.58. The number of rotatable bonds is 3. The Kier molecular flexibility index (Phi) is 3.15. The standard InChI is InChI=1S/C12H14ClN3/c1-8-11(16-12(14)15-8)6-5-9-3-2-4-10(13)7-9/h2-4,7H,5-6H2,1H3,(H3,14,15,16). The van der Waals surface area contributed by atoms with E-state index >= 15 is 0 Å². The molecule has 1 aromatic carbocycles. The normalized spacial score (nSPS) is 10.6. The number of hydrogen-bond acceptors (Lipinski definition) is 2. The molecule has 1 heterocycles. The number of imidazole rings is 1. The van der Waals surface area contributed by atoms with Crippen LogP contribution < -0.4 is 5.73 Å². The molecule has 0 amide bonds. The van der Waals surface area contributed by atoms with Crippen LogP contribution in [-0.4, -0.2) is 9.97 Å². The van der Waals surface area contributed by atoms with Gasteiger partial charge in [-0.2, -0.15) is 0 Å². The Hall–Kier alpha value is -1.48. The summed E-state index contributed by atoms with van der Waals surface area (Å²) in [5.74, 6) is 0.485. The van der Waals surface area contributed by atoms with E-state index in [1.807, 2.05) is 25.1 Å². The molecule has 0 aliphatic carbocycles. The van der Waals surface area contributed by atoms with Crippen LogP contribution in [0.5, 0.6) is 0 Å². The molecule has 0 atom stereocenters. The van der Waals surface area contributed by atoms with E-state index in [9.17, 15) is 0 Å². The number of nitrogen functional groups attached to an aromatic ring is 1. The van der Waals surface area contributed by atoms with Crippen LogP contribution in [0.4, 0.5) is 5.95 Å². The Morgan fingerprint density at radius 3 is 2.81 bits per heavy atom. The van der Waals surface area contributed by atoms with E-state index in [1.54, 1.807) is 0 Å². The van der Waals surface area contributed by atoms with E-state index < -0.39 is 0 Å². The van der Waals surface area contributed by atoms with Crippen molar-refractivity contribution in [2.24, 2.45) is 0 Å². The number of halogens is 1. The fourth-order valence-corrected chi connectivity index (χ4v) is 1.93. The molecule has 1 aromatic heterocycles. The van der Waals surface area contributed by atoms with Crippen LogP contribution >= 0.6 is 11.6 Å². The molecule has 0 spiro atoms. The topological polar surface area (TPSA) is 54.7 Å². The largest absolute Gasteiger partial charge is 0.369 e. The van der Waals surface area contributed by atoms with E-state index in [0.717, 1.165) is 29.3 Å². The summed E-state index contributed by atoms with van der Waals surface area (Å²) < 4.78 is 0. The highest BCUT2D eigenvalue weighted by molar-refractivity contribution is 6.30. The van der Waals surface area contributed by atoms with E-state index in [2.05, 4.69) is 16.0 Å². The van der Waals surface area contributed by atoms with Gasteiger partial charge in [-0.15, -0.1) is 0 Å². The van der Waals surface area contributed by atoms with Gasteiger partial charge in [0, 0.05) is 10.7 Å². The molecular weight excluding hydrogens is 222 g/mol. The Labute approximate surface area is 99.7 Å². The second kappa shape index (κ2) is 4.58. The van der Waals surface area contributed by atoms with Gasteiger partial charge in [-0.25, -0.2) is 4.98 Å². The zero-order chi connectivity index (χ0) is 11.5. The number of aryl methyl sites for hydroxylation is 3. The van der Waals surface area contributed by atoms with Crippen molar-refractivity contribution in [2.75, 3.05) is 5.73 Å². The molecule has 0 unspecified atom stereocenters. The van der Waals surface area contributed by atoms with Crippen molar-refractivity contribution >= 4 is 17.5 Å². The van der Waals surface area contributed by atoms with Gasteiger partial charge in [0.15, 0.2) is 5.95 Å². The van der Waals surface area contributed by atoms with Gasteiger partial charge in [-0.1, -0.05) is 23.7 Å². The maximum absolute atomic E-state index is 5.92. The number of nitrogens with zero attached hydrogens (tertiary/aromatic N) is 1. The van der Waals surface area contributed by atoms with Crippen molar-refractivity contribution in [2.45, 2.75) is 19.8 Å². The fraction of sp³-hybridized carbons (Fsp3) is 0.250. The van der Waals surface area contributed by atoms with Crippen LogP contribution in [0.15, 0.2) is 24.3 Å². The summed E-state index contributed by atoms with van der Waals surface area (Å²) in [6, 6.07) is 7.89. The summed E-state index contributed by atoms with van der Waals surface area (Å²) in [6.07, 6.45) is 1.80. The first-order valence-electron chi connectivity index (χ1n) is 5.20. The maximum atomic E-state index is 5.92. The molecule has 84 valence electrons. The lowest BCUT2D eigenvalue weighted by Gasteiger charge is -2.00. The number of H-pyrrole nitrogens is 1. The third kappa shape index (κ3) is 2.55. The summed E-state index contributed by atoms with van der Waals surface area (Å²) in [5.41, 5.74) is 8.87. The SMILES string of the molecule is Cc1[nH]c(N)nc1CCc1cccc(Cl)c1. The number of benzene rings is 1. The van der Waals surface area contributed by atoms with Crippen LogP contribution in [0.25, 0.3) is 0 Å². The molecule has 0 bridgehead atoms. The smallest absolute Gasteiger partial charge is 0.197 e. The summed E-state index contributed by atoms with van der Waals surface area (Å²) in [6.45, 7) is 1.98. The molecule has 3 N–H and O–H groups in total. The molecular formula is C12H14ClN3. The molecule has 0 radical (unpaired) electrons. The summed E-state index contributed by atoms with van der Waals surface area (Å²) in [4.78, 5) is 7.23. The second-order valence-electron chi connectivity index (χ2n) is 3.82. The Morgan fingerprint density at radius 1 is 1.38 bits per heavy atom. The van der Waals surface area contributed by atoms with E-state index in [-0.39, 0.29) is 0 Å². The van der Waals surface area contributed by atoms with Gasteiger partial charge in [0.25, 0.3) is 0 Å². The van der Waals surface area contributed by atoms with E-state index in [0.29, 0.717) is 5.95 Å². The average Bonchev–Trinajstić information content (AvgIpc) is 2.54. The van der Waals surface area contributed by atoms with Gasteiger partial charge >= 0.3 is 0 Å². The number of aromatic amines is 1. The van der Waals surface area contributed by atoms with Crippen molar-refractivity contribution in [3.63, 3.8) is 0 Å². The van der Waals surface area contributed by atoms with Crippen molar-refractivity contribution < 1.29 is 0 Å². The molecule has 0 aliphatic rings. The molecule has 0 aliphatic heterocycles. The number of aromatic nitrogens is 2. The lowest BCUT2D eigenvalue weighted by molar-refractivity contribution is 0.914. The third-order valence-electron chi connectivity index (χ3n) is 2.54. The molecule has 0 saturated heterocycles. The van der Waals surface area contributed by atoms with Gasteiger partial charge in [0.05, 0.1) is 5.69 Å². The first kappa shape index (κ1) is 11.0. The minimum atomic E-state index is 0.485.